The largest absolute Gasteiger partial charge is 0.479 e. The molecule has 0 aliphatic rings. The van der Waals surface area contributed by atoms with Gasteiger partial charge in [-0.3, -0.25) is 4.57 Å². The second-order valence-corrected chi connectivity index (χ2v) is 4.82. The van der Waals surface area contributed by atoms with Gasteiger partial charge < -0.3 is 10.5 Å². The van der Waals surface area contributed by atoms with Crippen molar-refractivity contribution in [2.75, 3.05) is 24.9 Å². The van der Waals surface area contributed by atoms with Crippen LogP contribution in [-0.2, 0) is 0 Å². The number of hydrogen-bond donors (Lipinski definition) is 1. The number of fused-ring (bicyclic) bond motifs is 1. The van der Waals surface area contributed by atoms with Gasteiger partial charge in [0.15, 0.2) is 11.2 Å². The summed E-state index contributed by atoms with van der Waals surface area (Å²) in [5.41, 5.74) is 7.36. The van der Waals surface area contributed by atoms with E-state index in [4.69, 9.17) is 10.5 Å². The molecule has 7 heteroatoms. The van der Waals surface area contributed by atoms with Gasteiger partial charge in [-0.25, -0.2) is 9.97 Å². The molecule has 0 radical (unpaired) electrons. The van der Waals surface area contributed by atoms with E-state index in [1.165, 1.54) is 6.33 Å². The summed E-state index contributed by atoms with van der Waals surface area (Å²) in [4.78, 5) is 12.6. The fraction of sp³-hybridized carbons (Fsp3) is 0.545. The molecule has 2 aromatic rings. The number of imidazole rings is 1. The Hall–Kier alpha value is -1.50. The molecule has 0 fully saturated rings. The van der Waals surface area contributed by atoms with E-state index in [1.54, 1.807) is 18.9 Å². The van der Waals surface area contributed by atoms with Gasteiger partial charge in [0, 0.05) is 11.8 Å². The number of aromatic nitrogens is 4. The number of rotatable bonds is 5. The summed E-state index contributed by atoms with van der Waals surface area (Å²) in [7, 11) is 1.57. The van der Waals surface area contributed by atoms with Crippen LogP contribution in [0.5, 0.6) is 5.88 Å². The van der Waals surface area contributed by atoms with E-state index < -0.39 is 0 Å². The van der Waals surface area contributed by atoms with Crippen molar-refractivity contribution in [2.45, 2.75) is 19.4 Å². The van der Waals surface area contributed by atoms with Crippen LogP contribution in [0.2, 0.25) is 0 Å². The third-order valence-corrected chi connectivity index (χ3v) is 3.58. The number of thioether (sulfide) groups is 1. The monoisotopic (exact) mass is 267 g/mol. The molecule has 2 heterocycles. The first kappa shape index (κ1) is 12.9. The van der Waals surface area contributed by atoms with E-state index in [2.05, 4.69) is 28.1 Å². The average Bonchev–Trinajstić information content (AvgIpc) is 2.72. The topological polar surface area (TPSA) is 78.9 Å². The number of ether oxygens (including phenoxy) is 1. The molecule has 6 nitrogen and oxygen atoms in total. The summed E-state index contributed by atoms with van der Waals surface area (Å²) < 4.78 is 7.15. The summed E-state index contributed by atoms with van der Waals surface area (Å²) in [6.07, 6.45) is 4.53. The third-order valence-electron chi connectivity index (χ3n) is 2.86. The second kappa shape index (κ2) is 5.43. The number of anilines is 1. The van der Waals surface area contributed by atoms with Gasteiger partial charge in [-0.2, -0.15) is 16.7 Å². The first-order valence-electron chi connectivity index (χ1n) is 5.74. The SMILES string of the molecule is CCC(CSC)n1c(N)nc2c(OC)ncnc21. The fourth-order valence-corrected chi connectivity index (χ4v) is 2.75. The Morgan fingerprint density at radius 3 is 2.89 bits per heavy atom. The van der Waals surface area contributed by atoms with Crippen LogP contribution in [0.15, 0.2) is 6.33 Å². The maximum absolute atomic E-state index is 6.00. The molecule has 0 amide bonds. The molecule has 0 bridgehead atoms. The van der Waals surface area contributed by atoms with Gasteiger partial charge in [0.25, 0.3) is 0 Å². The number of nitrogens with two attached hydrogens (primary N) is 1. The molecule has 1 atom stereocenters. The van der Waals surface area contributed by atoms with Crippen LogP contribution in [0.3, 0.4) is 0 Å². The smallest absolute Gasteiger partial charge is 0.245 e. The Kier molecular flexibility index (Phi) is 3.90. The van der Waals surface area contributed by atoms with Crippen molar-refractivity contribution in [2.24, 2.45) is 0 Å². The fourth-order valence-electron chi connectivity index (χ4n) is 1.98. The lowest BCUT2D eigenvalue weighted by Gasteiger charge is -2.17. The Bertz CT molecular complexity index is 541. The van der Waals surface area contributed by atoms with Crippen molar-refractivity contribution in [1.82, 2.24) is 19.5 Å². The first-order valence-corrected chi connectivity index (χ1v) is 7.13. The second-order valence-electron chi connectivity index (χ2n) is 3.91. The zero-order valence-electron chi connectivity index (χ0n) is 10.8. The van der Waals surface area contributed by atoms with E-state index in [-0.39, 0.29) is 6.04 Å². The molecule has 2 aromatic heterocycles. The van der Waals surface area contributed by atoms with Crippen molar-refractivity contribution >= 4 is 28.9 Å². The van der Waals surface area contributed by atoms with E-state index in [0.717, 1.165) is 17.8 Å². The number of hydrogen-bond acceptors (Lipinski definition) is 6. The summed E-state index contributed by atoms with van der Waals surface area (Å²) in [5, 5.41) is 0. The highest BCUT2D eigenvalue weighted by Crippen LogP contribution is 2.28. The van der Waals surface area contributed by atoms with Crippen LogP contribution in [0.1, 0.15) is 19.4 Å². The molecule has 18 heavy (non-hydrogen) atoms. The maximum Gasteiger partial charge on any atom is 0.245 e. The Morgan fingerprint density at radius 1 is 1.50 bits per heavy atom. The van der Waals surface area contributed by atoms with Gasteiger partial charge in [-0.15, -0.1) is 0 Å². The van der Waals surface area contributed by atoms with E-state index in [9.17, 15) is 0 Å². The van der Waals surface area contributed by atoms with Gasteiger partial charge in [-0.1, -0.05) is 6.92 Å². The van der Waals surface area contributed by atoms with Gasteiger partial charge in [0.1, 0.15) is 6.33 Å². The Morgan fingerprint density at radius 2 is 2.28 bits per heavy atom. The van der Waals surface area contributed by atoms with Crippen LogP contribution in [-0.4, -0.2) is 38.6 Å². The Labute approximate surface area is 110 Å². The summed E-state index contributed by atoms with van der Waals surface area (Å²) in [6.45, 7) is 2.13. The molecule has 0 aliphatic heterocycles. The lowest BCUT2D eigenvalue weighted by atomic mass is 10.2. The summed E-state index contributed by atoms with van der Waals surface area (Å²) in [6, 6.07) is 0.282. The lowest BCUT2D eigenvalue weighted by molar-refractivity contribution is 0.401. The van der Waals surface area contributed by atoms with E-state index in [1.807, 2.05) is 4.57 Å². The molecule has 0 aromatic carbocycles. The van der Waals surface area contributed by atoms with E-state index >= 15 is 0 Å². The normalized spacial score (nSPS) is 12.8. The highest BCUT2D eigenvalue weighted by molar-refractivity contribution is 7.98. The molecule has 0 spiro atoms. The average molecular weight is 267 g/mol. The molecule has 0 saturated heterocycles. The molecule has 2 N–H and O–H groups in total. The van der Waals surface area contributed by atoms with Crippen LogP contribution < -0.4 is 10.5 Å². The maximum atomic E-state index is 6.00. The van der Waals surface area contributed by atoms with Gasteiger partial charge >= 0.3 is 0 Å². The number of nitrogens with zero attached hydrogens (tertiary/aromatic N) is 4. The Balaban J connectivity index is 2.59. The van der Waals surface area contributed by atoms with Gasteiger partial charge in [0.2, 0.25) is 11.8 Å². The minimum atomic E-state index is 0.282. The van der Waals surface area contributed by atoms with Crippen molar-refractivity contribution in [1.29, 1.82) is 0 Å². The predicted molar refractivity (Wildman–Crippen MR) is 74.0 cm³/mol. The minimum Gasteiger partial charge on any atom is -0.479 e. The molecule has 98 valence electrons. The third kappa shape index (κ3) is 2.10. The van der Waals surface area contributed by atoms with Crippen LogP contribution in [0.4, 0.5) is 5.95 Å². The number of nitrogen functional groups attached to an aromatic ring is 1. The number of methoxy groups -OCH3 is 1. The minimum absolute atomic E-state index is 0.282. The highest BCUT2D eigenvalue weighted by atomic mass is 32.2. The zero-order chi connectivity index (χ0) is 13.1. The van der Waals surface area contributed by atoms with Crippen molar-refractivity contribution in [3.63, 3.8) is 0 Å². The lowest BCUT2D eigenvalue weighted by Crippen LogP contribution is -2.14. The summed E-state index contributed by atoms with van der Waals surface area (Å²) in [5.74, 6) is 1.90. The molecule has 0 aliphatic carbocycles. The predicted octanol–water partition coefficient (Wildman–Crippen LogP) is 1.73. The zero-order valence-corrected chi connectivity index (χ0v) is 11.6. The van der Waals surface area contributed by atoms with Crippen molar-refractivity contribution in [3.05, 3.63) is 6.33 Å². The molecular formula is C11H17N5OS. The quantitative estimate of drug-likeness (QED) is 0.888. The molecule has 2 rings (SSSR count). The molecule has 0 saturated carbocycles. The standard InChI is InChI=1S/C11H17N5OS/c1-4-7(5-18-3)16-9-8(15-11(16)12)10(17-2)14-6-13-9/h6-7H,4-5H2,1-3H3,(H2,12,15). The van der Waals surface area contributed by atoms with Crippen molar-refractivity contribution in [3.8, 4) is 5.88 Å². The first-order chi connectivity index (χ1) is 8.72. The molecule has 1 unspecified atom stereocenters. The van der Waals surface area contributed by atoms with Crippen LogP contribution in [0, 0.1) is 0 Å². The van der Waals surface area contributed by atoms with Gasteiger partial charge in [-0.05, 0) is 12.7 Å². The van der Waals surface area contributed by atoms with E-state index in [0.29, 0.717) is 17.3 Å². The van der Waals surface area contributed by atoms with Crippen LogP contribution >= 0.6 is 11.8 Å². The van der Waals surface area contributed by atoms with Gasteiger partial charge in [0.05, 0.1) is 7.11 Å². The highest BCUT2D eigenvalue weighted by Gasteiger charge is 2.19. The van der Waals surface area contributed by atoms with Crippen molar-refractivity contribution < 1.29 is 4.74 Å². The summed E-state index contributed by atoms with van der Waals surface area (Å²) >= 11 is 1.78. The van der Waals surface area contributed by atoms with Crippen LogP contribution in [0.25, 0.3) is 11.2 Å². The molecular weight excluding hydrogens is 250 g/mol.